The Balaban J connectivity index is 3.19. The number of hydrogen-bond acceptors (Lipinski definition) is 1. The van der Waals surface area contributed by atoms with Crippen LogP contribution in [0.15, 0.2) is 6.20 Å². The predicted octanol–water partition coefficient (Wildman–Crippen LogP) is 2.74. The van der Waals surface area contributed by atoms with Crippen LogP contribution in [0.2, 0.25) is 0 Å². The lowest BCUT2D eigenvalue weighted by molar-refractivity contribution is -0.141. The molecule has 0 saturated carbocycles. The minimum Gasteiger partial charge on any atom is -0.337 e. The van der Waals surface area contributed by atoms with Crippen LogP contribution in [0.4, 0.5) is 13.2 Å². The topological polar surface area (TPSA) is 17.8 Å². The largest absolute Gasteiger partial charge is 0.434 e. The standard InChI is InChI=1S/C9H13F3N2/c1-8(2,3)7-13-6(5-14(7)4)9(10,11)12/h5H,1-4H3. The monoisotopic (exact) mass is 206 g/mol. The number of rotatable bonds is 0. The Morgan fingerprint density at radius 1 is 1.21 bits per heavy atom. The van der Waals surface area contributed by atoms with Crippen LogP contribution < -0.4 is 0 Å². The molecule has 0 atom stereocenters. The molecule has 1 aromatic rings. The molecule has 14 heavy (non-hydrogen) atoms. The molecule has 1 rings (SSSR count). The first-order chi connectivity index (χ1) is 6.12. The van der Waals surface area contributed by atoms with Crippen molar-refractivity contribution < 1.29 is 13.2 Å². The van der Waals surface area contributed by atoms with Gasteiger partial charge in [0.2, 0.25) is 0 Å². The molecule has 0 fully saturated rings. The quantitative estimate of drug-likeness (QED) is 0.638. The first-order valence-corrected chi connectivity index (χ1v) is 4.23. The van der Waals surface area contributed by atoms with Crippen molar-refractivity contribution in [2.45, 2.75) is 32.4 Å². The number of nitrogens with zero attached hydrogens (tertiary/aromatic N) is 2. The van der Waals surface area contributed by atoms with Crippen molar-refractivity contribution >= 4 is 0 Å². The van der Waals surface area contributed by atoms with E-state index in [0.717, 1.165) is 6.20 Å². The maximum Gasteiger partial charge on any atom is 0.434 e. The molecule has 0 amide bonds. The number of halogens is 3. The Morgan fingerprint density at radius 3 is 1.93 bits per heavy atom. The van der Waals surface area contributed by atoms with Crippen LogP contribution in [0.1, 0.15) is 32.3 Å². The van der Waals surface area contributed by atoms with Crippen LogP contribution in [0.3, 0.4) is 0 Å². The number of imidazole rings is 1. The molecule has 0 aliphatic carbocycles. The lowest BCUT2D eigenvalue weighted by atomic mass is 9.96. The highest BCUT2D eigenvalue weighted by molar-refractivity contribution is 5.13. The molecule has 0 aliphatic heterocycles. The van der Waals surface area contributed by atoms with E-state index in [9.17, 15) is 13.2 Å². The third-order valence-electron chi connectivity index (χ3n) is 1.84. The summed E-state index contributed by atoms with van der Waals surface area (Å²) >= 11 is 0. The summed E-state index contributed by atoms with van der Waals surface area (Å²) in [6.07, 6.45) is -3.35. The van der Waals surface area contributed by atoms with Gasteiger partial charge in [-0.25, -0.2) is 4.98 Å². The molecule has 1 heterocycles. The minimum atomic E-state index is -4.36. The lowest BCUT2D eigenvalue weighted by Crippen LogP contribution is -2.17. The Hall–Kier alpha value is -1.00. The Labute approximate surface area is 80.8 Å². The van der Waals surface area contributed by atoms with Gasteiger partial charge in [0.15, 0.2) is 5.69 Å². The summed E-state index contributed by atoms with van der Waals surface area (Å²) in [6.45, 7) is 5.49. The van der Waals surface area contributed by atoms with E-state index in [2.05, 4.69) is 4.98 Å². The van der Waals surface area contributed by atoms with Crippen LogP contribution in [-0.4, -0.2) is 9.55 Å². The molecule has 5 heteroatoms. The zero-order chi connectivity index (χ0) is 11.1. The molecule has 1 aromatic heterocycles. The first kappa shape index (κ1) is 11.1. The maximum absolute atomic E-state index is 12.3. The van der Waals surface area contributed by atoms with Gasteiger partial charge in [0.1, 0.15) is 5.82 Å². The molecule has 0 bridgehead atoms. The van der Waals surface area contributed by atoms with Crippen LogP contribution in [0.25, 0.3) is 0 Å². The van der Waals surface area contributed by atoms with Gasteiger partial charge in [-0.05, 0) is 0 Å². The van der Waals surface area contributed by atoms with Gasteiger partial charge < -0.3 is 4.57 Å². The van der Waals surface area contributed by atoms with E-state index >= 15 is 0 Å². The molecule has 0 unspecified atom stereocenters. The fourth-order valence-electron chi connectivity index (χ4n) is 1.30. The number of hydrogen-bond donors (Lipinski definition) is 0. The van der Waals surface area contributed by atoms with E-state index in [1.54, 1.807) is 7.05 Å². The SMILES string of the molecule is Cn1cc(C(F)(F)F)nc1C(C)(C)C. The van der Waals surface area contributed by atoms with Gasteiger partial charge in [-0.2, -0.15) is 13.2 Å². The van der Waals surface area contributed by atoms with Crippen molar-refractivity contribution in [2.75, 3.05) is 0 Å². The summed E-state index contributed by atoms with van der Waals surface area (Å²) in [4.78, 5) is 3.59. The maximum atomic E-state index is 12.3. The van der Waals surface area contributed by atoms with Crippen molar-refractivity contribution in [3.8, 4) is 0 Å². The van der Waals surface area contributed by atoms with E-state index in [-0.39, 0.29) is 5.41 Å². The summed E-state index contributed by atoms with van der Waals surface area (Å²) in [5, 5.41) is 0. The summed E-state index contributed by atoms with van der Waals surface area (Å²) < 4.78 is 38.3. The molecule has 0 aromatic carbocycles. The highest BCUT2D eigenvalue weighted by atomic mass is 19.4. The Morgan fingerprint density at radius 2 is 1.71 bits per heavy atom. The molecule has 80 valence electrons. The Kier molecular flexibility index (Phi) is 2.37. The smallest absolute Gasteiger partial charge is 0.337 e. The normalized spacial score (nSPS) is 13.4. The average Bonchev–Trinajstić information content (AvgIpc) is 2.27. The van der Waals surface area contributed by atoms with E-state index in [0.29, 0.717) is 5.82 Å². The first-order valence-electron chi connectivity index (χ1n) is 4.23. The van der Waals surface area contributed by atoms with Crippen LogP contribution in [0.5, 0.6) is 0 Å². The third kappa shape index (κ3) is 2.08. The average molecular weight is 206 g/mol. The van der Waals surface area contributed by atoms with E-state index in [1.807, 2.05) is 20.8 Å². The van der Waals surface area contributed by atoms with Gasteiger partial charge in [-0.3, -0.25) is 0 Å². The molecule has 2 nitrogen and oxygen atoms in total. The fraction of sp³-hybridized carbons (Fsp3) is 0.667. The minimum absolute atomic E-state index is 0.377. The second-order valence-electron chi connectivity index (χ2n) is 4.31. The van der Waals surface area contributed by atoms with Gasteiger partial charge >= 0.3 is 6.18 Å². The summed E-state index contributed by atoms with van der Waals surface area (Å²) in [5.41, 5.74) is -1.21. The molecular weight excluding hydrogens is 193 g/mol. The predicted molar refractivity (Wildman–Crippen MR) is 46.9 cm³/mol. The molecule has 0 N–H and O–H groups in total. The summed E-state index contributed by atoms with van der Waals surface area (Å²) in [5.74, 6) is 0.435. The second-order valence-corrected chi connectivity index (χ2v) is 4.31. The highest BCUT2D eigenvalue weighted by Gasteiger charge is 2.35. The highest BCUT2D eigenvalue weighted by Crippen LogP contribution is 2.30. The number of alkyl halides is 3. The van der Waals surface area contributed by atoms with Crippen molar-refractivity contribution in [1.82, 2.24) is 9.55 Å². The summed E-state index contributed by atoms with van der Waals surface area (Å²) in [7, 11) is 1.57. The lowest BCUT2D eigenvalue weighted by Gasteiger charge is -2.17. The van der Waals surface area contributed by atoms with Gasteiger partial charge in [-0.15, -0.1) is 0 Å². The van der Waals surface area contributed by atoms with Gasteiger partial charge in [-0.1, -0.05) is 20.8 Å². The molecule has 0 radical (unpaired) electrons. The van der Waals surface area contributed by atoms with Gasteiger partial charge in [0.25, 0.3) is 0 Å². The summed E-state index contributed by atoms with van der Waals surface area (Å²) in [6, 6.07) is 0. The van der Waals surface area contributed by atoms with Crippen molar-refractivity contribution in [3.63, 3.8) is 0 Å². The van der Waals surface area contributed by atoms with Crippen LogP contribution in [0, 0.1) is 0 Å². The van der Waals surface area contributed by atoms with Crippen molar-refractivity contribution in [1.29, 1.82) is 0 Å². The molecule has 0 saturated heterocycles. The van der Waals surface area contributed by atoms with E-state index < -0.39 is 11.9 Å². The van der Waals surface area contributed by atoms with Gasteiger partial charge in [0.05, 0.1) is 0 Å². The molecular formula is C9H13F3N2. The number of aryl methyl sites for hydroxylation is 1. The van der Waals surface area contributed by atoms with E-state index in [4.69, 9.17) is 0 Å². The van der Waals surface area contributed by atoms with Crippen LogP contribution in [-0.2, 0) is 18.6 Å². The number of aromatic nitrogens is 2. The molecule has 0 aliphatic rings. The fourth-order valence-corrected chi connectivity index (χ4v) is 1.30. The van der Waals surface area contributed by atoms with Gasteiger partial charge in [0, 0.05) is 18.7 Å². The van der Waals surface area contributed by atoms with E-state index in [1.165, 1.54) is 4.57 Å². The second kappa shape index (κ2) is 3.00. The Bertz CT molecular complexity index is 331. The zero-order valence-electron chi connectivity index (χ0n) is 8.61. The molecule has 0 spiro atoms. The van der Waals surface area contributed by atoms with Crippen molar-refractivity contribution in [3.05, 3.63) is 17.7 Å². The van der Waals surface area contributed by atoms with Crippen molar-refractivity contribution in [2.24, 2.45) is 7.05 Å². The zero-order valence-corrected chi connectivity index (χ0v) is 8.61. The third-order valence-corrected chi connectivity index (χ3v) is 1.84. The van der Waals surface area contributed by atoms with Crippen LogP contribution >= 0.6 is 0 Å².